The number of hydrogen-bond donors (Lipinski definition) is 0. The van der Waals surface area contributed by atoms with E-state index in [0.29, 0.717) is 0 Å². The molecule has 0 aromatic rings. The molecular weight excluding hydrogens is 208 g/mol. The number of carbonyl (C=O) groups excluding carboxylic acids is 2. The maximum Gasteiger partial charge on any atom is 0.302 e. The molecular formula is C12H16O4. The average molecular weight is 224 g/mol. The molecule has 2 bridgehead atoms. The maximum atomic E-state index is 12.0. The minimum atomic E-state index is -0.736. The molecule has 0 N–H and O–H groups in total. The largest absolute Gasteiger partial charge is 0.462 e. The van der Waals surface area contributed by atoms with Gasteiger partial charge >= 0.3 is 5.97 Å². The molecule has 0 saturated carbocycles. The number of rotatable bonds is 2. The van der Waals surface area contributed by atoms with Crippen LogP contribution < -0.4 is 0 Å². The molecule has 0 aromatic heterocycles. The molecule has 88 valence electrons. The highest BCUT2D eigenvalue weighted by Crippen LogP contribution is 2.41. The van der Waals surface area contributed by atoms with Crippen LogP contribution in [0.4, 0.5) is 0 Å². The summed E-state index contributed by atoms with van der Waals surface area (Å²) in [4.78, 5) is 22.8. The lowest BCUT2D eigenvalue weighted by atomic mass is 9.80. The minimum absolute atomic E-state index is 0.112. The first-order valence-corrected chi connectivity index (χ1v) is 5.50. The summed E-state index contributed by atoms with van der Waals surface area (Å²) in [6.07, 6.45) is 3.60. The van der Waals surface area contributed by atoms with E-state index in [1.165, 1.54) is 6.92 Å². The summed E-state index contributed by atoms with van der Waals surface area (Å²) in [6, 6.07) is 0. The lowest BCUT2D eigenvalue weighted by molar-refractivity contribution is -0.175. The number of Topliss-reactive ketones (excluding diaryl/α,β-unsaturated/α-hetero) is 1. The van der Waals surface area contributed by atoms with Crippen molar-refractivity contribution in [2.24, 2.45) is 11.8 Å². The summed E-state index contributed by atoms with van der Waals surface area (Å²) in [5, 5.41) is 0. The summed E-state index contributed by atoms with van der Waals surface area (Å²) in [6.45, 7) is 5.17. The lowest BCUT2D eigenvalue weighted by Gasteiger charge is -2.40. The second kappa shape index (κ2) is 3.70. The Morgan fingerprint density at radius 1 is 1.56 bits per heavy atom. The Kier molecular flexibility index (Phi) is 2.62. The van der Waals surface area contributed by atoms with Crippen LogP contribution in [0.2, 0.25) is 0 Å². The van der Waals surface area contributed by atoms with E-state index >= 15 is 0 Å². The van der Waals surface area contributed by atoms with Gasteiger partial charge in [-0.2, -0.15) is 0 Å². The van der Waals surface area contributed by atoms with Crippen molar-refractivity contribution < 1.29 is 19.1 Å². The van der Waals surface area contributed by atoms with Crippen LogP contribution in [-0.2, 0) is 19.1 Å². The fourth-order valence-electron chi connectivity index (χ4n) is 2.32. The predicted octanol–water partition coefficient (Wildman–Crippen LogP) is 1.10. The molecule has 2 rings (SSSR count). The summed E-state index contributed by atoms with van der Waals surface area (Å²) < 4.78 is 10.8. The summed E-state index contributed by atoms with van der Waals surface area (Å²) >= 11 is 0. The van der Waals surface area contributed by atoms with Gasteiger partial charge < -0.3 is 9.47 Å². The van der Waals surface area contributed by atoms with Crippen LogP contribution in [0.15, 0.2) is 12.2 Å². The van der Waals surface area contributed by atoms with Gasteiger partial charge in [-0.1, -0.05) is 26.0 Å². The van der Waals surface area contributed by atoms with Crippen molar-refractivity contribution in [3.8, 4) is 0 Å². The normalized spacial score (nSPS) is 41.2. The molecule has 1 fully saturated rings. The van der Waals surface area contributed by atoms with Crippen molar-refractivity contribution in [2.45, 2.75) is 32.5 Å². The van der Waals surface area contributed by atoms with E-state index in [2.05, 4.69) is 0 Å². The third kappa shape index (κ3) is 1.57. The topological polar surface area (TPSA) is 52.6 Å². The molecule has 0 radical (unpaired) electrons. The van der Waals surface area contributed by atoms with Gasteiger partial charge in [-0.05, 0) is 0 Å². The smallest absolute Gasteiger partial charge is 0.302 e. The zero-order valence-corrected chi connectivity index (χ0v) is 9.73. The average Bonchev–Trinajstić information content (AvgIpc) is 2.65. The third-order valence-electron chi connectivity index (χ3n) is 3.53. The second-order valence-electron chi connectivity index (χ2n) is 4.59. The first-order valence-electron chi connectivity index (χ1n) is 5.50. The van der Waals surface area contributed by atoms with Gasteiger partial charge in [0.1, 0.15) is 18.0 Å². The van der Waals surface area contributed by atoms with Gasteiger partial charge in [-0.3, -0.25) is 9.59 Å². The quantitative estimate of drug-likeness (QED) is 0.520. The van der Waals surface area contributed by atoms with E-state index in [0.717, 1.165) is 0 Å². The number of ether oxygens (including phenoxy) is 2. The summed E-state index contributed by atoms with van der Waals surface area (Å²) in [5.41, 5.74) is -0.736. The van der Waals surface area contributed by atoms with Crippen molar-refractivity contribution >= 4 is 11.8 Å². The van der Waals surface area contributed by atoms with E-state index in [1.807, 2.05) is 26.0 Å². The first-order chi connectivity index (χ1) is 7.46. The molecule has 0 spiro atoms. The molecule has 0 aromatic carbocycles. The standard InChI is InChI=1S/C12H16O4/c1-7-10-4-5-12(16-10,6-15-9(3)13)8(2)11(7)14/h4-5,7-8,10H,6H2,1-3H3/t7-,8-,10+,12+/m0/s1. The zero-order chi connectivity index (χ0) is 11.9. The van der Waals surface area contributed by atoms with Crippen molar-refractivity contribution in [2.75, 3.05) is 6.61 Å². The predicted molar refractivity (Wildman–Crippen MR) is 56.7 cm³/mol. The van der Waals surface area contributed by atoms with Crippen LogP contribution >= 0.6 is 0 Å². The number of carbonyl (C=O) groups is 2. The fourth-order valence-corrected chi connectivity index (χ4v) is 2.32. The molecule has 4 atom stereocenters. The Bertz CT molecular complexity index is 360. The highest BCUT2D eigenvalue weighted by molar-refractivity contribution is 5.86. The van der Waals surface area contributed by atoms with Gasteiger partial charge in [0.25, 0.3) is 0 Å². The third-order valence-corrected chi connectivity index (χ3v) is 3.53. The molecule has 4 heteroatoms. The monoisotopic (exact) mass is 224 g/mol. The number of esters is 1. The lowest BCUT2D eigenvalue weighted by Crippen LogP contribution is -2.52. The Labute approximate surface area is 94.6 Å². The van der Waals surface area contributed by atoms with Gasteiger partial charge in [0.2, 0.25) is 0 Å². The van der Waals surface area contributed by atoms with Crippen LogP contribution in [0, 0.1) is 11.8 Å². The Morgan fingerprint density at radius 3 is 2.88 bits per heavy atom. The van der Waals surface area contributed by atoms with Gasteiger partial charge in [0.15, 0.2) is 0 Å². The van der Waals surface area contributed by atoms with Crippen LogP contribution in [-0.4, -0.2) is 30.1 Å². The van der Waals surface area contributed by atoms with E-state index < -0.39 is 5.60 Å². The van der Waals surface area contributed by atoms with Crippen LogP contribution in [0.1, 0.15) is 20.8 Å². The van der Waals surface area contributed by atoms with Crippen LogP contribution in [0.3, 0.4) is 0 Å². The van der Waals surface area contributed by atoms with Crippen LogP contribution in [0.5, 0.6) is 0 Å². The van der Waals surface area contributed by atoms with Crippen molar-refractivity contribution in [1.82, 2.24) is 0 Å². The number of hydrogen-bond acceptors (Lipinski definition) is 4. The van der Waals surface area contributed by atoms with E-state index in [4.69, 9.17) is 9.47 Å². The van der Waals surface area contributed by atoms with E-state index in [9.17, 15) is 9.59 Å². The van der Waals surface area contributed by atoms with E-state index in [-0.39, 0.29) is 36.3 Å². The highest BCUT2D eigenvalue weighted by atomic mass is 16.6. The molecule has 0 amide bonds. The summed E-state index contributed by atoms with van der Waals surface area (Å²) in [5.74, 6) is -0.558. The molecule has 2 aliphatic heterocycles. The highest BCUT2D eigenvalue weighted by Gasteiger charge is 2.52. The Balaban J connectivity index is 2.19. The SMILES string of the molecule is CC(=O)OC[C@@]12C=C[C@@H](O1)[C@H](C)C(=O)[C@@H]2C. The molecule has 16 heavy (non-hydrogen) atoms. The molecule has 4 nitrogen and oxygen atoms in total. The van der Waals surface area contributed by atoms with Gasteiger partial charge in [-0.25, -0.2) is 0 Å². The molecule has 0 aliphatic carbocycles. The zero-order valence-electron chi connectivity index (χ0n) is 9.73. The summed E-state index contributed by atoms with van der Waals surface area (Å²) in [7, 11) is 0. The Hall–Kier alpha value is -1.16. The maximum absolute atomic E-state index is 12.0. The Morgan fingerprint density at radius 2 is 2.25 bits per heavy atom. The minimum Gasteiger partial charge on any atom is -0.462 e. The first kappa shape index (κ1) is 11.3. The second-order valence-corrected chi connectivity index (χ2v) is 4.59. The number of fused-ring (bicyclic) bond motifs is 2. The van der Waals surface area contributed by atoms with Crippen molar-refractivity contribution in [1.29, 1.82) is 0 Å². The van der Waals surface area contributed by atoms with Crippen molar-refractivity contribution in [3.63, 3.8) is 0 Å². The van der Waals surface area contributed by atoms with Gasteiger partial charge in [0, 0.05) is 12.8 Å². The number of ketones is 1. The molecule has 0 unspecified atom stereocenters. The fraction of sp³-hybridized carbons (Fsp3) is 0.667. The van der Waals surface area contributed by atoms with Crippen LogP contribution in [0.25, 0.3) is 0 Å². The molecule has 1 saturated heterocycles. The van der Waals surface area contributed by atoms with Gasteiger partial charge in [-0.15, -0.1) is 0 Å². The van der Waals surface area contributed by atoms with Gasteiger partial charge in [0.05, 0.1) is 12.0 Å². The van der Waals surface area contributed by atoms with E-state index in [1.54, 1.807) is 0 Å². The molecule has 2 heterocycles. The van der Waals surface area contributed by atoms with Crippen molar-refractivity contribution in [3.05, 3.63) is 12.2 Å². The molecule has 2 aliphatic rings.